The molecule has 4 amide bonds. The van der Waals surface area contributed by atoms with Gasteiger partial charge in [0.2, 0.25) is 11.8 Å². The molecule has 0 aliphatic carbocycles. The maximum absolute atomic E-state index is 16.1. The molecule has 1 aromatic carbocycles. The predicted octanol–water partition coefficient (Wildman–Crippen LogP) is 2.34. The summed E-state index contributed by atoms with van der Waals surface area (Å²) in [5, 5.41) is 1.92. The summed E-state index contributed by atoms with van der Waals surface area (Å²) >= 11 is 0. The number of piperidine rings is 2. The van der Waals surface area contributed by atoms with Gasteiger partial charge in [0.1, 0.15) is 17.7 Å². The Kier molecular flexibility index (Phi) is 3.30. The number of nitrogens with zero attached hydrogens (tertiary/aromatic N) is 2. The van der Waals surface area contributed by atoms with Crippen LogP contribution in [-0.4, -0.2) is 58.0 Å². The van der Waals surface area contributed by atoms with Crippen LogP contribution in [0.25, 0.3) is 0 Å². The molecular weight excluding hydrogens is 408 g/mol. The molecule has 2 saturated heterocycles. The van der Waals surface area contributed by atoms with Gasteiger partial charge in [0, 0.05) is 22.9 Å². The fraction of sp³-hybridized carbons (Fsp3) is 0.545. The van der Waals surface area contributed by atoms with Crippen molar-refractivity contribution in [3.63, 3.8) is 0 Å². The SMILES string of the molecule is [2H]C1([2H])C(c2cc(F)c3c(c2F)C(=O)N([C@H]2CCC(=O)NC2=O)C3=O)C([2H])([2H])C([2H])([2H])N(C(C)(C)C)C1([2H])[2H]. The van der Waals surface area contributed by atoms with Gasteiger partial charge < -0.3 is 0 Å². The van der Waals surface area contributed by atoms with Crippen molar-refractivity contribution in [2.75, 3.05) is 13.0 Å². The maximum Gasteiger partial charge on any atom is 0.265 e. The first-order chi connectivity index (χ1) is 17.5. The number of imide groups is 2. The van der Waals surface area contributed by atoms with Crippen molar-refractivity contribution in [2.45, 2.75) is 63.9 Å². The van der Waals surface area contributed by atoms with E-state index in [9.17, 15) is 19.2 Å². The van der Waals surface area contributed by atoms with Crippen molar-refractivity contribution >= 4 is 23.6 Å². The largest absolute Gasteiger partial charge is 0.298 e. The average molecular weight is 442 g/mol. The lowest BCUT2D eigenvalue weighted by Gasteiger charge is -2.41. The minimum absolute atomic E-state index is 0.256. The van der Waals surface area contributed by atoms with E-state index in [4.69, 9.17) is 11.0 Å². The number of carbonyl (C=O) groups is 4. The zero-order valence-electron chi connectivity index (χ0n) is 24.9. The van der Waals surface area contributed by atoms with Crippen LogP contribution in [0.4, 0.5) is 8.78 Å². The molecule has 1 N–H and O–H groups in total. The Morgan fingerprint density at radius 1 is 1.06 bits per heavy atom. The summed E-state index contributed by atoms with van der Waals surface area (Å²) in [7, 11) is 0. The molecule has 3 aliphatic heterocycles. The highest BCUT2D eigenvalue weighted by atomic mass is 19.1. The molecule has 0 saturated carbocycles. The van der Waals surface area contributed by atoms with Gasteiger partial charge in [-0.15, -0.1) is 0 Å². The highest BCUT2D eigenvalue weighted by Crippen LogP contribution is 2.38. The Balaban J connectivity index is 1.92. The number of rotatable bonds is 2. The highest BCUT2D eigenvalue weighted by molar-refractivity contribution is 6.23. The minimum atomic E-state index is -3.41. The number of amides is 4. The first kappa shape index (κ1) is 13.7. The number of hydrogen-bond donors (Lipinski definition) is 1. The predicted molar refractivity (Wildman–Crippen MR) is 106 cm³/mol. The molecule has 1 aromatic rings. The Morgan fingerprint density at radius 2 is 1.68 bits per heavy atom. The van der Waals surface area contributed by atoms with Crippen LogP contribution in [0.5, 0.6) is 0 Å². The molecule has 3 aliphatic rings. The number of carbonyl (C=O) groups excluding carboxylic acids is 4. The van der Waals surface area contributed by atoms with Crippen LogP contribution in [0.3, 0.4) is 0 Å². The van der Waals surface area contributed by atoms with Gasteiger partial charge in [0.25, 0.3) is 11.8 Å². The lowest BCUT2D eigenvalue weighted by atomic mass is 9.85. The Hall–Kier alpha value is -2.68. The summed E-state index contributed by atoms with van der Waals surface area (Å²) in [6, 6.07) is -1.32. The van der Waals surface area contributed by atoms with Crippen LogP contribution in [0.1, 0.15) is 89.5 Å². The van der Waals surface area contributed by atoms with Crippen LogP contribution < -0.4 is 5.32 Å². The van der Waals surface area contributed by atoms with E-state index < -0.39 is 95.2 Å². The lowest BCUT2D eigenvalue weighted by Crippen LogP contribution is -2.54. The molecule has 0 bridgehead atoms. The van der Waals surface area contributed by atoms with E-state index in [1.54, 1.807) is 0 Å². The number of likely N-dealkylation sites (tertiary alicyclic amines) is 1. The van der Waals surface area contributed by atoms with Gasteiger partial charge in [-0.25, -0.2) is 8.78 Å². The molecule has 2 fully saturated rings. The quantitative estimate of drug-likeness (QED) is 0.712. The van der Waals surface area contributed by atoms with Crippen LogP contribution in [0.2, 0.25) is 0 Å². The zero-order valence-corrected chi connectivity index (χ0v) is 16.9. The summed E-state index contributed by atoms with van der Waals surface area (Å²) < 4.78 is 99.8. The summed E-state index contributed by atoms with van der Waals surface area (Å²) in [5.41, 5.74) is -4.98. The summed E-state index contributed by atoms with van der Waals surface area (Å²) in [6.45, 7) is -2.58. The number of benzene rings is 1. The average Bonchev–Trinajstić information content (AvgIpc) is 3.00. The Morgan fingerprint density at radius 3 is 2.26 bits per heavy atom. The van der Waals surface area contributed by atoms with Crippen LogP contribution >= 0.6 is 0 Å². The molecule has 4 rings (SSSR count). The topological polar surface area (TPSA) is 86.8 Å². The third-order valence-electron chi connectivity index (χ3n) is 5.25. The Labute approximate surface area is 190 Å². The summed E-state index contributed by atoms with van der Waals surface area (Å²) in [5.74, 6) is -10.6. The van der Waals surface area contributed by atoms with Crippen molar-refractivity contribution in [1.29, 1.82) is 0 Å². The molecule has 0 radical (unpaired) electrons. The molecule has 7 nitrogen and oxygen atoms in total. The fourth-order valence-corrected chi connectivity index (χ4v) is 3.62. The van der Waals surface area contributed by atoms with Gasteiger partial charge in [-0.1, -0.05) is 0 Å². The standard InChI is InChI=1S/C22H25F2N3O4/c1-22(2,3)26-8-6-11(7-9-26)12-10-13(23)16-17(18(12)24)21(31)27(20(16)30)14-4-5-15(28)25-19(14)29/h10-11,14H,4-9H2,1-3H3,(H,25,28,29)/t14-/m0/s1/i6D2,7D2,8D2,9D2. The summed E-state index contributed by atoms with van der Waals surface area (Å²) in [4.78, 5) is 50.6. The molecule has 31 heavy (non-hydrogen) atoms. The smallest absolute Gasteiger partial charge is 0.265 e. The molecule has 0 spiro atoms. The van der Waals surface area contributed by atoms with E-state index in [0.29, 0.717) is 4.90 Å². The second kappa shape index (κ2) is 7.47. The monoisotopic (exact) mass is 441 g/mol. The van der Waals surface area contributed by atoms with E-state index in [1.807, 2.05) is 5.32 Å². The number of halogens is 2. The summed E-state index contributed by atoms with van der Waals surface area (Å²) in [6.07, 6.45) is -7.41. The van der Waals surface area contributed by atoms with Gasteiger partial charge in [-0.3, -0.25) is 34.3 Å². The third-order valence-corrected chi connectivity index (χ3v) is 5.25. The second-order valence-electron chi connectivity index (χ2n) is 8.41. The van der Waals surface area contributed by atoms with Crippen LogP contribution in [-0.2, 0) is 9.59 Å². The molecule has 0 unspecified atom stereocenters. The Bertz CT molecular complexity index is 1300. The van der Waals surface area contributed by atoms with Crippen molar-refractivity contribution in [3.05, 3.63) is 34.4 Å². The first-order valence-electron chi connectivity index (χ1n) is 13.6. The van der Waals surface area contributed by atoms with E-state index in [2.05, 4.69) is 0 Å². The zero-order chi connectivity index (χ0) is 29.8. The highest BCUT2D eigenvalue weighted by Gasteiger charge is 2.48. The van der Waals surface area contributed by atoms with E-state index in [1.165, 1.54) is 20.8 Å². The second-order valence-corrected chi connectivity index (χ2v) is 8.41. The van der Waals surface area contributed by atoms with Crippen molar-refractivity contribution < 1.29 is 38.9 Å². The first-order valence-corrected chi connectivity index (χ1v) is 9.56. The minimum Gasteiger partial charge on any atom is -0.298 e. The van der Waals surface area contributed by atoms with Crippen molar-refractivity contribution in [2.24, 2.45) is 0 Å². The molecule has 0 aromatic heterocycles. The normalized spacial score (nSPS) is 33.7. The molecular formula is C22H25F2N3O4. The van der Waals surface area contributed by atoms with E-state index in [-0.39, 0.29) is 23.8 Å². The number of nitrogens with one attached hydrogen (secondary N) is 1. The fourth-order valence-electron chi connectivity index (χ4n) is 3.62. The van der Waals surface area contributed by atoms with Crippen molar-refractivity contribution in [3.8, 4) is 0 Å². The number of fused-ring (bicyclic) bond motifs is 1. The van der Waals surface area contributed by atoms with Gasteiger partial charge in [0.15, 0.2) is 0 Å². The molecule has 166 valence electrons. The molecule has 3 heterocycles. The van der Waals surface area contributed by atoms with Gasteiger partial charge in [-0.2, -0.15) is 0 Å². The number of hydrogen-bond acceptors (Lipinski definition) is 5. The maximum atomic E-state index is 16.1. The lowest BCUT2D eigenvalue weighted by molar-refractivity contribution is -0.136. The van der Waals surface area contributed by atoms with Crippen molar-refractivity contribution in [1.82, 2.24) is 15.1 Å². The van der Waals surface area contributed by atoms with Gasteiger partial charge >= 0.3 is 0 Å². The van der Waals surface area contributed by atoms with E-state index >= 15 is 8.78 Å². The van der Waals surface area contributed by atoms with Gasteiger partial charge in [0.05, 0.1) is 11.1 Å². The van der Waals surface area contributed by atoms with Crippen LogP contribution in [0.15, 0.2) is 6.07 Å². The third kappa shape index (κ3) is 3.54. The van der Waals surface area contributed by atoms with Crippen LogP contribution in [0, 0.1) is 11.6 Å². The molecule has 1 atom stereocenters. The van der Waals surface area contributed by atoms with E-state index in [0.717, 1.165) is 0 Å². The van der Waals surface area contributed by atoms with Gasteiger partial charge in [-0.05, 0) is 70.5 Å². The molecule has 9 heteroatoms.